The van der Waals surface area contributed by atoms with Crippen LogP contribution >= 0.6 is 0 Å². The van der Waals surface area contributed by atoms with Crippen molar-refractivity contribution >= 4 is 11.9 Å². The molecule has 0 aromatic carbocycles. The van der Waals surface area contributed by atoms with E-state index in [2.05, 4.69) is 29.2 Å². The van der Waals surface area contributed by atoms with Crippen molar-refractivity contribution in [3.05, 3.63) is 0 Å². The van der Waals surface area contributed by atoms with Gasteiger partial charge < -0.3 is 15.3 Å². The van der Waals surface area contributed by atoms with Gasteiger partial charge in [0.2, 0.25) is 5.91 Å². The van der Waals surface area contributed by atoms with Crippen molar-refractivity contribution < 1.29 is 14.7 Å². The number of nitrogens with one attached hydrogen (secondary N) is 1. The minimum atomic E-state index is -0.857. The van der Waals surface area contributed by atoms with E-state index in [0.29, 0.717) is 19.0 Å². The maximum absolute atomic E-state index is 11.7. The third-order valence-corrected chi connectivity index (χ3v) is 3.94. The molecule has 1 aliphatic carbocycles. The Balaban J connectivity index is 1.74. The average Bonchev–Trinajstić information content (AvgIpc) is 3.10. The number of hydrogen-bond donors (Lipinski definition) is 2. The van der Waals surface area contributed by atoms with Gasteiger partial charge >= 0.3 is 5.97 Å². The normalized spacial score (nSPS) is 33.1. The Kier molecular flexibility index (Phi) is 3.87. The highest BCUT2D eigenvalue weighted by Crippen LogP contribution is 2.38. The molecule has 2 aliphatic rings. The zero-order valence-corrected chi connectivity index (χ0v) is 10.9. The molecular weight excluding hydrogens is 234 g/mol. The number of carbonyl (C=O) groups is 2. The summed E-state index contributed by atoms with van der Waals surface area (Å²) in [6, 6.07) is 0.315. The largest absolute Gasteiger partial charge is 0.481 e. The first-order valence-electron chi connectivity index (χ1n) is 6.38. The molecule has 1 unspecified atom stereocenters. The van der Waals surface area contributed by atoms with Crippen molar-refractivity contribution in [1.82, 2.24) is 15.1 Å². The lowest BCUT2D eigenvalue weighted by atomic mass is 10.2. The van der Waals surface area contributed by atoms with Crippen molar-refractivity contribution in [2.45, 2.75) is 12.5 Å². The smallest absolute Gasteiger partial charge is 0.307 e. The van der Waals surface area contributed by atoms with Gasteiger partial charge in [-0.1, -0.05) is 0 Å². The molecule has 2 N–H and O–H groups in total. The fourth-order valence-corrected chi connectivity index (χ4v) is 2.43. The molecule has 6 nitrogen and oxygen atoms in total. The summed E-state index contributed by atoms with van der Waals surface area (Å²) in [5.74, 6) is -1.74. The number of nitrogens with zero attached hydrogens (tertiary/aromatic N) is 2. The average molecular weight is 255 g/mol. The van der Waals surface area contributed by atoms with Crippen LogP contribution in [-0.4, -0.2) is 73.1 Å². The van der Waals surface area contributed by atoms with Gasteiger partial charge in [0.1, 0.15) is 0 Å². The number of likely N-dealkylation sites (N-methyl/N-ethyl adjacent to an activating group) is 2. The summed E-state index contributed by atoms with van der Waals surface area (Å²) >= 11 is 0. The number of carboxylic acid groups (broad SMARTS) is 1. The van der Waals surface area contributed by atoms with E-state index in [9.17, 15) is 9.59 Å². The number of aliphatic carboxylic acids is 1. The number of carboxylic acids is 1. The number of hydrogen-bond acceptors (Lipinski definition) is 4. The topological polar surface area (TPSA) is 72.9 Å². The van der Waals surface area contributed by atoms with E-state index in [-0.39, 0.29) is 11.8 Å². The summed E-state index contributed by atoms with van der Waals surface area (Å²) in [6.45, 7) is 3.58. The van der Waals surface area contributed by atoms with E-state index in [1.54, 1.807) is 0 Å². The predicted octanol–water partition coefficient (Wildman–Crippen LogP) is -0.931. The molecule has 1 heterocycles. The van der Waals surface area contributed by atoms with E-state index in [0.717, 1.165) is 19.6 Å². The van der Waals surface area contributed by atoms with Gasteiger partial charge in [-0.3, -0.25) is 14.5 Å². The Morgan fingerprint density at radius 1 is 1.28 bits per heavy atom. The molecule has 2 fully saturated rings. The number of rotatable bonds is 4. The van der Waals surface area contributed by atoms with Crippen molar-refractivity contribution in [3.8, 4) is 0 Å². The van der Waals surface area contributed by atoms with Crippen LogP contribution < -0.4 is 5.32 Å². The molecular formula is C12H21N3O3. The standard InChI is InChI=1S/C12H21N3O3/c1-14-3-4-15(2)8(7-14)6-13-11(16)9-5-10(9)12(17)18/h8-10H,3-7H2,1-2H3,(H,13,16)(H,17,18)/t8?,9-,10+/m1/s1. The molecule has 2 rings (SSSR count). The molecule has 0 radical (unpaired) electrons. The molecule has 18 heavy (non-hydrogen) atoms. The first-order valence-corrected chi connectivity index (χ1v) is 6.38. The van der Waals surface area contributed by atoms with Crippen LogP contribution in [0.2, 0.25) is 0 Å². The van der Waals surface area contributed by atoms with Gasteiger partial charge in [0.15, 0.2) is 0 Å². The molecule has 0 bridgehead atoms. The maximum atomic E-state index is 11.7. The van der Waals surface area contributed by atoms with Crippen molar-refractivity contribution in [2.75, 3.05) is 40.3 Å². The molecule has 1 saturated heterocycles. The van der Waals surface area contributed by atoms with Crippen molar-refractivity contribution in [3.63, 3.8) is 0 Å². The Bertz CT molecular complexity index is 347. The Morgan fingerprint density at radius 3 is 2.61 bits per heavy atom. The highest BCUT2D eigenvalue weighted by atomic mass is 16.4. The molecule has 1 aliphatic heterocycles. The lowest BCUT2D eigenvalue weighted by Gasteiger charge is -2.37. The first kappa shape index (κ1) is 13.3. The minimum Gasteiger partial charge on any atom is -0.481 e. The van der Waals surface area contributed by atoms with E-state index in [1.165, 1.54) is 0 Å². The summed E-state index contributed by atoms with van der Waals surface area (Å²) in [5, 5.41) is 11.7. The lowest BCUT2D eigenvalue weighted by molar-refractivity contribution is -0.140. The second kappa shape index (κ2) is 5.24. The van der Waals surface area contributed by atoms with Crippen LogP contribution in [0.25, 0.3) is 0 Å². The van der Waals surface area contributed by atoms with Crippen LogP contribution in [0.4, 0.5) is 0 Å². The van der Waals surface area contributed by atoms with Gasteiger partial charge in [-0.05, 0) is 20.5 Å². The summed E-state index contributed by atoms with van der Waals surface area (Å²) < 4.78 is 0. The van der Waals surface area contributed by atoms with Crippen LogP contribution in [0, 0.1) is 11.8 Å². The van der Waals surface area contributed by atoms with E-state index in [4.69, 9.17) is 5.11 Å². The fourth-order valence-electron chi connectivity index (χ4n) is 2.43. The first-order chi connectivity index (χ1) is 8.49. The monoisotopic (exact) mass is 255 g/mol. The van der Waals surface area contributed by atoms with Gasteiger partial charge in [-0.2, -0.15) is 0 Å². The van der Waals surface area contributed by atoms with Gasteiger partial charge in [0.05, 0.1) is 11.8 Å². The van der Waals surface area contributed by atoms with Crippen LogP contribution in [0.5, 0.6) is 0 Å². The van der Waals surface area contributed by atoms with Crippen molar-refractivity contribution in [1.29, 1.82) is 0 Å². The summed E-state index contributed by atoms with van der Waals surface area (Å²) in [7, 11) is 4.13. The van der Waals surface area contributed by atoms with Crippen LogP contribution in [0.1, 0.15) is 6.42 Å². The molecule has 6 heteroatoms. The summed E-state index contributed by atoms with van der Waals surface area (Å²) in [4.78, 5) is 26.9. The molecule has 1 amide bonds. The minimum absolute atomic E-state index is 0.107. The molecule has 0 spiro atoms. The zero-order chi connectivity index (χ0) is 13.3. The van der Waals surface area contributed by atoms with E-state index in [1.807, 2.05) is 0 Å². The highest BCUT2D eigenvalue weighted by Gasteiger charge is 2.48. The SMILES string of the molecule is CN1CCN(C)C(CNC(=O)[C@@H]2C[C@@H]2C(=O)O)C1. The second-order valence-electron chi connectivity index (χ2n) is 5.43. The van der Waals surface area contributed by atoms with E-state index < -0.39 is 11.9 Å². The molecule has 0 aromatic heterocycles. The van der Waals surface area contributed by atoms with Gasteiger partial charge in [0.25, 0.3) is 0 Å². The molecule has 0 aromatic rings. The third kappa shape index (κ3) is 3.00. The zero-order valence-electron chi connectivity index (χ0n) is 10.9. The van der Waals surface area contributed by atoms with Crippen LogP contribution in [0.15, 0.2) is 0 Å². The molecule has 102 valence electrons. The quantitative estimate of drug-likeness (QED) is 0.679. The van der Waals surface area contributed by atoms with Crippen molar-refractivity contribution in [2.24, 2.45) is 11.8 Å². The lowest BCUT2D eigenvalue weighted by Crippen LogP contribution is -2.54. The number of amides is 1. The maximum Gasteiger partial charge on any atom is 0.307 e. The van der Waals surface area contributed by atoms with Gasteiger partial charge in [-0.15, -0.1) is 0 Å². The Hall–Kier alpha value is -1.14. The summed E-state index contributed by atoms with van der Waals surface area (Å²) in [5.41, 5.74) is 0. The Labute approximate surface area is 107 Å². The third-order valence-electron chi connectivity index (χ3n) is 3.94. The number of carbonyl (C=O) groups excluding carboxylic acids is 1. The van der Waals surface area contributed by atoms with Gasteiger partial charge in [-0.25, -0.2) is 0 Å². The van der Waals surface area contributed by atoms with Crippen LogP contribution in [-0.2, 0) is 9.59 Å². The summed E-state index contributed by atoms with van der Waals surface area (Å²) in [6.07, 6.45) is 0.488. The fraction of sp³-hybridized carbons (Fsp3) is 0.833. The predicted molar refractivity (Wildman–Crippen MR) is 66.2 cm³/mol. The van der Waals surface area contributed by atoms with Gasteiger partial charge in [0, 0.05) is 32.2 Å². The highest BCUT2D eigenvalue weighted by molar-refractivity contribution is 5.89. The number of piperazine rings is 1. The van der Waals surface area contributed by atoms with E-state index >= 15 is 0 Å². The Morgan fingerprint density at radius 2 is 2.00 bits per heavy atom. The molecule has 3 atom stereocenters. The van der Waals surface area contributed by atoms with Crippen LogP contribution in [0.3, 0.4) is 0 Å². The molecule has 1 saturated carbocycles. The second-order valence-corrected chi connectivity index (χ2v) is 5.43.